The number of rotatable bonds is 5. The second kappa shape index (κ2) is 8.78. The monoisotopic (exact) mass is 396 g/mol. The average molecular weight is 396 g/mol. The van der Waals surface area contributed by atoms with E-state index in [0.717, 1.165) is 36.5 Å². The number of benzene rings is 1. The summed E-state index contributed by atoms with van der Waals surface area (Å²) in [6.45, 7) is 3.98. The molecule has 2 atom stereocenters. The normalized spacial score (nSPS) is 19.9. The van der Waals surface area contributed by atoms with E-state index in [9.17, 15) is 4.79 Å². The summed E-state index contributed by atoms with van der Waals surface area (Å²) >= 11 is 0. The maximum atomic E-state index is 12.9. The second-order valence-corrected chi connectivity index (χ2v) is 7.65. The number of fused-ring (bicyclic) bond motifs is 1. The quantitative estimate of drug-likeness (QED) is 0.837. The minimum atomic E-state index is -0.574. The standard InChI is InChI=1S/C22H28N4O3/c1-15(29-18-7-5-6-17(12-18)28-2)22(27)26-11-9-19-16(14-26)13-24-21(25-19)20-8-3-4-10-23-20/h5-7,12-13,15,20,23H,3-4,8-11,14H2,1-2H3/t15-,20+/m1/s1. The number of hydrogen-bond donors (Lipinski definition) is 1. The van der Waals surface area contributed by atoms with Crippen LogP contribution < -0.4 is 14.8 Å². The van der Waals surface area contributed by atoms with E-state index in [1.165, 1.54) is 12.8 Å². The molecule has 0 aliphatic carbocycles. The molecular formula is C22H28N4O3. The summed E-state index contributed by atoms with van der Waals surface area (Å²) < 4.78 is 11.1. The van der Waals surface area contributed by atoms with E-state index in [-0.39, 0.29) is 11.9 Å². The number of hydrogen-bond acceptors (Lipinski definition) is 6. The fourth-order valence-corrected chi connectivity index (χ4v) is 3.95. The Hall–Kier alpha value is -2.67. The van der Waals surface area contributed by atoms with Crippen molar-refractivity contribution in [3.63, 3.8) is 0 Å². The third-order valence-electron chi connectivity index (χ3n) is 5.59. The van der Waals surface area contributed by atoms with Gasteiger partial charge in [0.15, 0.2) is 6.10 Å². The summed E-state index contributed by atoms with van der Waals surface area (Å²) in [5.74, 6) is 2.18. The molecule has 0 radical (unpaired) electrons. The predicted molar refractivity (Wildman–Crippen MR) is 109 cm³/mol. The van der Waals surface area contributed by atoms with Crippen LogP contribution in [-0.4, -0.2) is 47.1 Å². The fraction of sp³-hybridized carbons (Fsp3) is 0.500. The molecule has 7 nitrogen and oxygen atoms in total. The first kappa shape index (κ1) is 19.6. The lowest BCUT2D eigenvalue weighted by atomic mass is 10.0. The number of aromatic nitrogens is 2. The Bertz CT molecular complexity index is 867. The van der Waals surface area contributed by atoms with Crippen molar-refractivity contribution in [3.8, 4) is 11.5 Å². The van der Waals surface area contributed by atoms with Gasteiger partial charge >= 0.3 is 0 Å². The van der Waals surface area contributed by atoms with Gasteiger partial charge in [0.2, 0.25) is 0 Å². The maximum absolute atomic E-state index is 12.9. The van der Waals surface area contributed by atoms with Crippen molar-refractivity contribution < 1.29 is 14.3 Å². The molecule has 2 aliphatic rings. The Morgan fingerprint density at radius 3 is 2.97 bits per heavy atom. The molecule has 4 rings (SSSR count). The van der Waals surface area contributed by atoms with Crippen molar-refractivity contribution in [2.45, 2.75) is 51.3 Å². The van der Waals surface area contributed by atoms with Gasteiger partial charge in [0.25, 0.3) is 5.91 Å². The topological polar surface area (TPSA) is 76.6 Å². The summed E-state index contributed by atoms with van der Waals surface area (Å²) in [6.07, 6.45) is 5.58. The lowest BCUT2D eigenvalue weighted by molar-refractivity contribution is -0.138. The minimum absolute atomic E-state index is 0.0310. The number of nitrogens with zero attached hydrogens (tertiary/aromatic N) is 3. The highest BCUT2D eigenvalue weighted by Gasteiger charge is 2.28. The number of carbonyl (C=O) groups excluding carboxylic acids is 1. The van der Waals surface area contributed by atoms with Crippen LogP contribution in [0.3, 0.4) is 0 Å². The number of amides is 1. The van der Waals surface area contributed by atoms with Gasteiger partial charge in [-0.3, -0.25) is 4.79 Å². The van der Waals surface area contributed by atoms with E-state index in [1.54, 1.807) is 20.1 Å². The van der Waals surface area contributed by atoms with Gasteiger partial charge in [-0.25, -0.2) is 9.97 Å². The summed E-state index contributed by atoms with van der Waals surface area (Å²) in [4.78, 5) is 24.1. The maximum Gasteiger partial charge on any atom is 0.263 e. The molecule has 0 bridgehead atoms. The molecular weight excluding hydrogens is 368 g/mol. The first-order valence-electron chi connectivity index (χ1n) is 10.3. The second-order valence-electron chi connectivity index (χ2n) is 7.65. The molecule has 1 N–H and O–H groups in total. The zero-order chi connectivity index (χ0) is 20.2. The molecule has 1 aromatic carbocycles. The first-order valence-corrected chi connectivity index (χ1v) is 10.3. The highest BCUT2D eigenvalue weighted by molar-refractivity contribution is 5.81. The van der Waals surface area contributed by atoms with E-state index >= 15 is 0 Å². The van der Waals surface area contributed by atoms with Crippen LogP contribution in [0.2, 0.25) is 0 Å². The van der Waals surface area contributed by atoms with Gasteiger partial charge in [-0.1, -0.05) is 12.5 Å². The molecule has 29 heavy (non-hydrogen) atoms. The highest BCUT2D eigenvalue weighted by Crippen LogP contribution is 2.24. The SMILES string of the molecule is COc1cccc(O[C@H](C)C(=O)N2CCc3nc([C@@H]4CCCCN4)ncc3C2)c1. The van der Waals surface area contributed by atoms with Gasteiger partial charge in [-0.2, -0.15) is 0 Å². The lowest BCUT2D eigenvalue weighted by Crippen LogP contribution is -2.43. The average Bonchev–Trinajstić information content (AvgIpc) is 2.78. The number of ether oxygens (including phenoxy) is 2. The van der Waals surface area contributed by atoms with Crippen LogP contribution >= 0.6 is 0 Å². The Labute approximate surface area is 171 Å². The van der Waals surface area contributed by atoms with Crippen LogP contribution in [0, 0.1) is 0 Å². The molecule has 1 amide bonds. The van der Waals surface area contributed by atoms with E-state index in [1.807, 2.05) is 29.3 Å². The summed E-state index contributed by atoms with van der Waals surface area (Å²) in [5.41, 5.74) is 2.09. The number of carbonyl (C=O) groups is 1. The number of piperidine rings is 1. The zero-order valence-electron chi connectivity index (χ0n) is 17.1. The van der Waals surface area contributed by atoms with E-state index < -0.39 is 6.10 Å². The number of methoxy groups -OCH3 is 1. The van der Waals surface area contributed by atoms with Crippen molar-refractivity contribution in [1.82, 2.24) is 20.2 Å². The Morgan fingerprint density at radius 1 is 1.31 bits per heavy atom. The first-order chi connectivity index (χ1) is 14.1. The molecule has 154 valence electrons. The Kier molecular flexibility index (Phi) is 5.94. The molecule has 1 saturated heterocycles. The molecule has 1 fully saturated rings. The third-order valence-corrected chi connectivity index (χ3v) is 5.59. The third kappa shape index (κ3) is 4.50. The zero-order valence-corrected chi connectivity index (χ0v) is 17.1. The smallest absolute Gasteiger partial charge is 0.263 e. The largest absolute Gasteiger partial charge is 0.497 e. The molecule has 7 heteroatoms. The van der Waals surface area contributed by atoms with Crippen LogP contribution in [0.1, 0.15) is 49.3 Å². The van der Waals surface area contributed by atoms with Crippen LogP contribution in [0.4, 0.5) is 0 Å². The van der Waals surface area contributed by atoms with Gasteiger partial charge < -0.3 is 19.7 Å². The fourth-order valence-electron chi connectivity index (χ4n) is 3.95. The van der Waals surface area contributed by atoms with Crippen LogP contribution in [0.15, 0.2) is 30.5 Å². The molecule has 0 spiro atoms. The van der Waals surface area contributed by atoms with E-state index in [4.69, 9.17) is 14.5 Å². The summed E-state index contributed by atoms with van der Waals surface area (Å²) in [7, 11) is 1.61. The summed E-state index contributed by atoms with van der Waals surface area (Å²) in [5, 5.41) is 3.50. The van der Waals surface area contributed by atoms with Gasteiger partial charge in [0, 0.05) is 37.3 Å². The minimum Gasteiger partial charge on any atom is -0.497 e. The van der Waals surface area contributed by atoms with Crippen molar-refractivity contribution in [2.24, 2.45) is 0 Å². The highest BCUT2D eigenvalue weighted by atomic mass is 16.5. The van der Waals surface area contributed by atoms with Crippen LogP contribution in [0.5, 0.6) is 11.5 Å². The lowest BCUT2D eigenvalue weighted by Gasteiger charge is -2.31. The molecule has 2 aliphatic heterocycles. The van der Waals surface area contributed by atoms with Gasteiger partial charge in [-0.05, 0) is 38.4 Å². The molecule has 1 aromatic heterocycles. The van der Waals surface area contributed by atoms with Crippen molar-refractivity contribution in [2.75, 3.05) is 20.2 Å². The van der Waals surface area contributed by atoms with Crippen molar-refractivity contribution in [1.29, 1.82) is 0 Å². The Morgan fingerprint density at radius 2 is 2.17 bits per heavy atom. The molecule has 3 heterocycles. The van der Waals surface area contributed by atoms with Crippen molar-refractivity contribution >= 4 is 5.91 Å². The van der Waals surface area contributed by atoms with Gasteiger partial charge in [-0.15, -0.1) is 0 Å². The van der Waals surface area contributed by atoms with Gasteiger partial charge in [0.1, 0.15) is 17.3 Å². The summed E-state index contributed by atoms with van der Waals surface area (Å²) in [6, 6.07) is 7.55. The molecule has 0 unspecified atom stereocenters. The molecule has 2 aromatic rings. The van der Waals surface area contributed by atoms with Crippen LogP contribution in [0.25, 0.3) is 0 Å². The number of nitrogens with one attached hydrogen (secondary N) is 1. The van der Waals surface area contributed by atoms with E-state index in [0.29, 0.717) is 24.6 Å². The predicted octanol–water partition coefficient (Wildman–Crippen LogP) is 2.65. The van der Waals surface area contributed by atoms with Gasteiger partial charge in [0.05, 0.1) is 18.8 Å². The van der Waals surface area contributed by atoms with Crippen LogP contribution in [-0.2, 0) is 17.8 Å². The Balaban J connectivity index is 1.40. The van der Waals surface area contributed by atoms with Crippen molar-refractivity contribution in [3.05, 3.63) is 47.5 Å². The molecule has 0 saturated carbocycles. The van der Waals surface area contributed by atoms with E-state index in [2.05, 4.69) is 10.3 Å².